The summed E-state index contributed by atoms with van der Waals surface area (Å²) in [6, 6.07) is 6.22. The van der Waals surface area contributed by atoms with E-state index in [2.05, 4.69) is 10.4 Å². The molecule has 0 bridgehead atoms. The second-order valence-electron chi connectivity index (χ2n) is 6.97. The number of carbonyl (C=O) groups is 1. The van der Waals surface area contributed by atoms with E-state index in [1.54, 1.807) is 18.2 Å². The number of thioether (sulfide) groups is 1. The van der Waals surface area contributed by atoms with Gasteiger partial charge in [0.25, 0.3) is 5.91 Å². The van der Waals surface area contributed by atoms with E-state index in [4.69, 9.17) is 16.6 Å². The Balaban J connectivity index is 1.59. The van der Waals surface area contributed by atoms with Crippen LogP contribution in [0.25, 0.3) is 11.8 Å². The molecule has 2 aliphatic rings. The fourth-order valence-electron chi connectivity index (χ4n) is 3.42. The monoisotopic (exact) mass is 418 g/mol. The van der Waals surface area contributed by atoms with Crippen molar-refractivity contribution < 1.29 is 9.18 Å². The molecule has 0 radical (unpaired) electrons. The van der Waals surface area contributed by atoms with Gasteiger partial charge in [-0.1, -0.05) is 30.9 Å². The third-order valence-electron chi connectivity index (χ3n) is 4.92. The molecule has 0 spiro atoms. The van der Waals surface area contributed by atoms with Crippen LogP contribution in [0, 0.1) is 12.7 Å². The number of benzene rings is 1. The zero-order valence-electron chi connectivity index (χ0n) is 15.4. The highest BCUT2D eigenvalue weighted by molar-refractivity contribution is 8.18. The average molecular weight is 419 g/mol. The van der Waals surface area contributed by atoms with E-state index in [0.29, 0.717) is 38.2 Å². The Morgan fingerprint density at radius 3 is 2.71 bits per heavy atom. The van der Waals surface area contributed by atoms with Crippen LogP contribution in [0.1, 0.15) is 43.4 Å². The lowest BCUT2D eigenvalue weighted by atomic mass is 9.96. The fraction of sp³-hybridized carbons (Fsp3) is 0.350. The highest BCUT2D eigenvalue weighted by Gasteiger charge is 2.26. The van der Waals surface area contributed by atoms with E-state index in [1.807, 2.05) is 6.92 Å². The molecule has 2 aromatic rings. The van der Waals surface area contributed by atoms with Crippen molar-refractivity contribution in [3.05, 3.63) is 51.4 Å². The number of aryl methyl sites for hydroxylation is 1. The van der Waals surface area contributed by atoms with Crippen molar-refractivity contribution in [2.45, 2.75) is 45.1 Å². The highest BCUT2D eigenvalue weighted by Crippen LogP contribution is 2.32. The van der Waals surface area contributed by atoms with Gasteiger partial charge in [-0.2, -0.15) is 5.10 Å². The van der Waals surface area contributed by atoms with Gasteiger partial charge in [-0.05, 0) is 61.9 Å². The van der Waals surface area contributed by atoms with Crippen LogP contribution in [-0.4, -0.2) is 26.9 Å². The lowest BCUT2D eigenvalue weighted by Gasteiger charge is -2.17. The van der Waals surface area contributed by atoms with Gasteiger partial charge in [-0.3, -0.25) is 9.79 Å². The molecular formula is C20H20ClFN4OS. The molecule has 1 N–H and O–H groups in total. The SMILES string of the molecule is Cc1nn(-c2ccc(F)cc2)c(Cl)c1/C=C1\SC(=NC2CCCCC2)NC1=O. The predicted octanol–water partition coefficient (Wildman–Crippen LogP) is 4.87. The second-order valence-corrected chi connectivity index (χ2v) is 8.36. The number of amides is 1. The second kappa shape index (κ2) is 8.09. The third kappa shape index (κ3) is 4.00. The number of rotatable bonds is 3. The molecule has 1 aliphatic carbocycles. The molecule has 5 nitrogen and oxygen atoms in total. The number of aliphatic imine (C=N–C) groups is 1. The molecule has 8 heteroatoms. The molecule has 1 aliphatic heterocycles. The maximum atomic E-state index is 13.2. The van der Waals surface area contributed by atoms with Gasteiger partial charge in [0.1, 0.15) is 11.0 Å². The summed E-state index contributed by atoms with van der Waals surface area (Å²) in [7, 11) is 0. The molecule has 2 fully saturated rings. The molecule has 2 heterocycles. The zero-order chi connectivity index (χ0) is 19.7. The minimum atomic E-state index is -0.324. The summed E-state index contributed by atoms with van der Waals surface area (Å²) in [6.45, 7) is 1.83. The van der Waals surface area contributed by atoms with E-state index in [-0.39, 0.29) is 11.7 Å². The number of hydrogen-bond acceptors (Lipinski definition) is 4. The molecule has 1 amide bonds. The van der Waals surface area contributed by atoms with Gasteiger partial charge in [-0.15, -0.1) is 0 Å². The number of hydrogen-bond donors (Lipinski definition) is 1. The summed E-state index contributed by atoms with van der Waals surface area (Å²) < 4.78 is 14.7. The third-order valence-corrected chi connectivity index (χ3v) is 6.21. The number of nitrogens with one attached hydrogen (secondary N) is 1. The van der Waals surface area contributed by atoms with Crippen LogP contribution in [0.15, 0.2) is 34.2 Å². The first kappa shape index (κ1) is 19.2. The smallest absolute Gasteiger partial charge is 0.264 e. The summed E-state index contributed by atoms with van der Waals surface area (Å²) in [6.07, 6.45) is 7.55. The topological polar surface area (TPSA) is 59.3 Å². The van der Waals surface area contributed by atoms with E-state index < -0.39 is 0 Å². The van der Waals surface area contributed by atoms with Gasteiger partial charge in [0.15, 0.2) is 5.17 Å². The zero-order valence-corrected chi connectivity index (χ0v) is 17.0. The van der Waals surface area contributed by atoms with Gasteiger partial charge in [-0.25, -0.2) is 9.07 Å². The Labute approximate surface area is 172 Å². The Bertz CT molecular complexity index is 961. The van der Waals surface area contributed by atoms with Crippen molar-refractivity contribution >= 4 is 40.5 Å². The van der Waals surface area contributed by atoms with Gasteiger partial charge in [0, 0.05) is 5.56 Å². The van der Waals surface area contributed by atoms with Gasteiger partial charge in [0.2, 0.25) is 0 Å². The first-order valence-electron chi connectivity index (χ1n) is 9.31. The quantitative estimate of drug-likeness (QED) is 0.723. The Morgan fingerprint density at radius 1 is 1.29 bits per heavy atom. The molecule has 28 heavy (non-hydrogen) atoms. The predicted molar refractivity (Wildman–Crippen MR) is 111 cm³/mol. The molecule has 146 valence electrons. The van der Waals surface area contributed by atoms with Crippen LogP contribution >= 0.6 is 23.4 Å². The van der Waals surface area contributed by atoms with E-state index in [1.165, 1.54) is 47.8 Å². The maximum Gasteiger partial charge on any atom is 0.264 e. The lowest BCUT2D eigenvalue weighted by molar-refractivity contribution is -0.115. The number of amidine groups is 1. The molecule has 1 saturated carbocycles. The van der Waals surface area contributed by atoms with Crippen LogP contribution in [0.4, 0.5) is 4.39 Å². The minimum absolute atomic E-state index is 0.176. The van der Waals surface area contributed by atoms with Crippen LogP contribution < -0.4 is 5.32 Å². The van der Waals surface area contributed by atoms with E-state index >= 15 is 0 Å². The van der Waals surface area contributed by atoms with Crippen LogP contribution in [0.5, 0.6) is 0 Å². The summed E-state index contributed by atoms with van der Waals surface area (Å²) in [5.41, 5.74) is 2.01. The van der Waals surface area contributed by atoms with Crippen LogP contribution in [0.3, 0.4) is 0 Å². The molecule has 0 atom stereocenters. The number of carbonyl (C=O) groups excluding carboxylic acids is 1. The first-order valence-corrected chi connectivity index (χ1v) is 10.5. The van der Waals surface area contributed by atoms with Crippen molar-refractivity contribution in [2.24, 2.45) is 4.99 Å². The molecular weight excluding hydrogens is 399 g/mol. The summed E-state index contributed by atoms with van der Waals surface area (Å²) in [5, 5.41) is 8.32. The summed E-state index contributed by atoms with van der Waals surface area (Å²) in [4.78, 5) is 17.6. The minimum Gasteiger partial charge on any atom is -0.301 e. The van der Waals surface area contributed by atoms with Gasteiger partial charge in [0.05, 0.1) is 22.3 Å². The summed E-state index contributed by atoms with van der Waals surface area (Å²) in [5.74, 6) is -0.501. The van der Waals surface area contributed by atoms with Gasteiger partial charge >= 0.3 is 0 Å². The van der Waals surface area contributed by atoms with Crippen molar-refractivity contribution in [3.8, 4) is 5.69 Å². The molecule has 1 aromatic carbocycles. The fourth-order valence-corrected chi connectivity index (χ4v) is 4.62. The van der Waals surface area contributed by atoms with Crippen molar-refractivity contribution in [2.75, 3.05) is 0 Å². The van der Waals surface area contributed by atoms with Crippen molar-refractivity contribution in [1.29, 1.82) is 0 Å². The van der Waals surface area contributed by atoms with E-state index in [9.17, 15) is 9.18 Å². The molecule has 4 rings (SSSR count). The first-order chi connectivity index (χ1) is 13.5. The van der Waals surface area contributed by atoms with Crippen LogP contribution in [0.2, 0.25) is 5.15 Å². The highest BCUT2D eigenvalue weighted by atomic mass is 35.5. The standard InChI is InChI=1S/C20H20ClFN4OS/c1-12-16(18(21)26(25-12)15-9-7-13(22)8-10-15)11-17-19(27)24-20(28-17)23-14-5-3-2-4-6-14/h7-11,14H,2-6H2,1H3,(H,23,24,27)/b17-11-. The maximum absolute atomic E-state index is 13.2. The van der Waals surface area contributed by atoms with Gasteiger partial charge < -0.3 is 5.32 Å². The molecule has 1 aromatic heterocycles. The Kier molecular flexibility index (Phi) is 5.55. The molecule has 0 unspecified atom stereocenters. The largest absolute Gasteiger partial charge is 0.301 e. The Morgan fingerprint density at radius 2 is 2.00 bits per heavy atom. The number of halogens is 2. The normalized spacial score (nSPS) is 20.9. The average Bonchev–Trinajstić information content (AvgIpc) is 3.17. The molecule has 1 saturated heterocycles. The van der Waals surface area contributed by atoms with Crippen molar-refractivity contribution in [1.82, 2.24) is 15.1 Å². The van der Waals surface area contributed by atoms with Crippen LogP contribution in [-0.2, 0) is 4.79 Å². The van der Waals surface area contributed by atoms with E-state index in [0.717, 1.165) is 12.8 Å². The summed E-state index contributed by atoms with van der Waals surface area (Å²) >= 11 is 7.85. The number of nitrogens with zero attached hydrogens (tertiary/aromatic N) is 3. The van der Waals surface area contributed by atoms with Crippen molar-refractivity contribution in [3.63, 3.8) is 0 Å². The lowest BCUT2D eigenvalue weighted by Crippen LogP contribution is -2.22. The number of aromatic nitrogens is 2. The Hall–Kier alpha value is -2.12.